The molecule has 1 unspecified atom stereocenters. The number of benzene rings is 1. The standard InChI is InChI=1S/C11H17N3O3/c1-2-8(5-6-15)13-9-3-4-11(14(16)17)10(12)7-9/h3-4,7-8,13,15H,2,5-6,12H2,1H3. The van der Waals surface area contributed by atoms with Crippen molar-refractivity contribution in [2.45, 2.75) is 25.8 Å². The molecule has 0 spiro atoms. The van der Waals surface area contributed by atoms with Crippen LogP contribution in [0.15, 0.2) is 18.2 Å². The first kappa shape index (κ1) is 13.2. The Kier molecular flexibility index (Phi) is 4.71. The first-order chi connectivity index (χ1) is 8.08. The van der Waals surface area contributed by atoms with Crippen LogP contribution >= 0.6 is 0 Å². The van der Waals surface area contributed by atoms with E-state index in [1.807, 2.05) is 6.92 Å². The van der Waals surface area contributed by atoms with Gasteiger partial charge in [0.05, 0.1) is 4.92 Å². The Morgan fingerprint density at radius 2 is 2.29 bits per heavy atom. The van der Waals surface area contributed by atoms with Gasteiger partial charge in [-0.05, 0) is 25.0 Å². The molecule has 0 aliphatic heterocycles. The van der Waals surface area contributed by atoms with Crippen LogP contribution in [0.5, 0.6) is 0 Å². The Morgan fingerprint density at radius 3 is 2.76 bits per heavy atom. The summed E-state index contributed by atoms with van der Waals surface area (Å²) in [6, 6.07) is 4.68. The van der Waals surface area contributed by atoms with Crippen molar-refractivity contribution >= 4 is 17.1 Å². The number of rotatable bonds is 6. The summed E-state index contributed by atoms with van der Waals surface area (Å²) >= 11 is 0. The molecule has 0 fully saturated rings. The maximum absolute atomic E-state index is 10.6. The number of nitro benzene ring substituents is 1. The molecule has 1 rings (SSSR count). The van der Waals surface area contributed by atoms with E-state index in [1.54, 1.807) is 6.07 Å². The predicted molar refractivity (Wildman–Crippen MR) is 66.9 cm³/mol. The number of nitrogens with zero attached hydrogens (tertiary/aromatic N) is 1. The van der Waals surface area contributed by atoms with Gasteiger partial charge in [-0.2, -0.15) is 0 Å². The summed E-state index contributed by atoms with van der Waals surface area (Å²) in [5.74, 6) is 0. The van der Waals surface area contributed by atoms with Crippen molar-refractivity contribution in [1.82, 2.24) is 0 Å². The molecular weight excluding hydrogens is 222 g/mol. The number of aliphatic hydroxyl groups is 1. The molecule has 0 aliphatic carbocycles. The molecule has 0 aliphatic rings. The van der Waals surface area contributed by atoms with Crippen LogP contribution in [0.25, 0.3) is 0 Å². The molecule has 17 heavy (non-hydrogen) atoms. The van der Waals surface area contributed by atoms with Crippen molar-refractivity contribution in [2.24, 2.45) is 0 Å². The zero-order chi connectivity index (χ0) is 12.8. The highest BCUT2D eigenvalue weighted by Gasteiger charge is 2.12. The molecule has 6 heteroatoms. The van der Waals surface area contributed by atoms with Gasteiger partial charge in [-0.25, -0.2) is 0 Å². The Labute approximate surface area is 99.6 Å². The number of nitrogens with two attached hydrogens (primary N) is 1. The van der Waals surface area contributed by atoms with Crippen LogP contribution in [0.3, 0.4) is 0 Å². The van der Waals surface area contributed by atoms with Crippen LogP contribution in [-0.2, 0) is 0 Å². The highest BCUT2D eigenvalue weighted by Crippen LogP contribution is 2.25. The summed E-state index contributed by atoms with van der Waals surface area (Å²) < 4.78 is 0. The molecule has 0 aromatic heterocycles. The average Bonchev–Trinajstić information content (AvgIpc) is 2.28. The van der Waals surface area contributed by atoms with Gasteiger partial charge in [0, 0.05) is 24.4 Å². The Morgan fingerprint density at radius 1 is 1.59 bits per heavy atom. The van der Waals surface area contributed by atoms with Crippen LogP contribution in [0, 0.1) is 10.1 Å². The van der Waals surface area contributed by atoms with E-state index in [1.165, 1.54) is 12.1 Å². The van der Waals surface area contributed by atoms with Gasteiger partial charge in [0.1, 0.15) is 5.69 Å². The van der Waals surface area contributed by atoms with E-state index >= 15 is 0 Å². The smallest absolute Gasteiger partial charge is 0.292 e. The van der Waals surface area contributed by atoms with E-state index in [2.05, 4.69) is 5.32 Å². The number of aliphatic hydroxyl groups excluding tert-OH is 1. The topological polar surface area (TPSA) is 101 Å². The van der Waals surface area contributed by atoms with Gasteiger partial charge in [-0.15, -0.1) is 0 Å². The van der Waals surface area contributed by atoms with E-state index in [0.717, 1.165) is 12.1 Å². The molecule has 0 saturated carbocycles. The minimum absolute atomic E-state index is 0.0919. The van der Waals surface area contributed by atoms with Crippen LogP contribution in [0.4, 0.5) is 17.1 Å². The van der Waals surface area contributed by atoms with Gasteiger partial charge in [0.2, 0.25) is 0 Å². The first-order valence-electron chi connectivity index (χ1n) is 5.49. The molecule has 0 saturated heterocycles. The fraction of sp³-hybridized carbons (Fsp3) is 0.455. The quantitative estimate of drug-likeness (QED) is 0.399. The highest BCUT2D eigenvalue weighted by molar-refractivity contribution is 5.66. The predicted octanol–water partition coefficient (Wildman–Crippen LogP) is 1.75. The number of anilines is 2. The van der Waals surface area contributed by atoms with Crippen LogP contribution in [0.1, 0.15) is 19.8 Å². The summed E-state index contributed by atoms with van der Waals surface area (Å²) in [4.78, 5) is 10.1. The van der Waals surface area contributed by atoms with Gasteiger partial charge >= 0.3 is 0 Å². The van der Waals surface area contributed by atoms with Crippen LogP contribution < -0.4 is 11.1 Å². The molecule has 1 aromatic rings. The zero-order valence-corrected chi connectivity index (χ0v) is 9.72. The van der Waals surface area contributed by atoms with Crippen molar-refractivity contribution in [3.63, 3.8) is 0 Å². The van der Waals surface area contributed by atoms with Gasteiger partial charge < -0.3 is 16.2 Å². The maximum Gasteiger partial charge on any atom is 0.292 e. The van der Waals surface area contributed by atoms with Gasteiger partial charge in [-0.3, -0.25) is 10.1 Å². The van der Waals surface area contributed by atoms with Crippen LogP contribution in [0.2, 0.25) is 0 Å². The molecule has 4 N–H and O–H groups in total. The monoisotopic (exact) mass is 239 g/mol. The second kappa shape index (κ2) is 6.05. The fourth-order valence-corrected chi connectivity index (χ4v) is 1.58. The lowest BCUT2D eigenvalue weighted by atomic mass is 10.1. The summed E-state index contributed by atoms with van der Waals surface area (Å²) in [6.45, 7) is 2.11. The Hall–Kier alpha value is -1.82. The van der Waals surface area contributed by atoms with E-state index in [-0.39, 0.29) is 24.0 Å². The molecule has 0 radical (unpaired) electrons. The second-order valence-electron chi connectivity index (χ2n) is 3.79. The molecule has 0 bridgehead atoms. The minimum Gasteiger partial charge on any atom is -0.396 e. The second-order valence-corrected chi connectivity index (χ2v) is 3.79. The van der Waals surface area contributed by atoms with E-state index in [4.69, 9.17) is 10.8 Å². The molecule has 94 valence electrons. The largest absolute Gasteiger partial charge is 0.396 e. The first-order valence-corrected chi connectivity index (χ1v) is 5.49. The lowest BCUT2D eigenvalue weighted by Crippen LogP contribution is -2.19. The van der Waals surface area contributed by atoms with Crippen molar-refractivity contribution in [3.8, 4) is 0 Å². The van der Waals surface area contributed by atoms with E-state index in [9.17, 15) is 10.1 Å². The average molecular weight is 239 g/mol. The molecule has 1 aromatic carbocycles. The fourth-order valence-electron chi connectivity index (χ4n) is 1.58. The molecule has 0 amide bonds. The minimum atomic E-state index is -0.510. The summed E-state index contributed by atoms with van der Waals surface area (Å²) in [5.41, 5.74) is 6.36. The third-order valence-corrected chi connectivity index (χ3v) is 2.57. The molecular formula is C11H17N3O3. The van der Waals surface area contributed by atoms with Crippen LogP contribution in [-0.4, -0.2) is 22.7 Å². The van der Waals surface area contributed by atoms with Gasteiger partial charge in [-0.1, -0.05) is 6.92 Å². The summed E-state index contributed by atoms with van der Waals surface area (Å²) in [6.07, 6.45) is 1.49. The summed E-state index contributed by atoms with van der Waals surface area (Å²) in [5, 5.41) is 22.6. The maximum atomic E-state index is 10.6. The summed E-state index contributed by atoms with van der Waals surface area (Å²) in [7, 11) is 0. The zero-order valence-electron chi connectivity index (χ0n) is 9.72. The normalized spacial score (nSPS) is 12.1. The third-order valence-electron chi connectivity index (χ3n) is 2.57. The van der Waals surface area contributed by atoms with E-state index in [0.29, 0.717) is 6.42 Å². The Balaban J connectivity index is 2.79. The SMILES string of the molecule is CCC(CCO)Nc1ccc([N+](=O)[O-])c(N)c1. The lowest BCUT2D eigenvalue weighted by molar-refractivity contribution is -0.383. The van der Waals surface area contributed by atoms with Crippen molar-refractivity contribution < 1.29 is 10.0 Å². The third kappa shape index (κ3) is 3.60. The van der Waals surface area contributed by atoms with Crippen molar-refractivity contribution in [3.05, 3.63) is 28.3 Å². The number of nitrogen functional groups attached to an aromatic ring is 1. The lowest BCUT2D eigenvalue weighted by Gasteiger charge is -2.17. The molecule has 0 heterocycles. The number of nitrogens with one attached hydrogen (secondary N) is 1. The highest BCUT2D eigenvalue weighted by atomic mass is 16.6. The molecule has 1 atom stereocenters. The van der Waals surface area contributed by atoms with Crippen molar-refractivity contribution in [2.75, 3.05) is 17.7 Å². The number of hydrogen-bond acceptors (Lipinski definition) is 5. The Bertz CT molecular complexity index is 396. The van der Waals surface area contributed by atoms with Gasteiger partial charge in [0.15, 0.2) is 0 Å². The number of hydrogen-bond donors (Lipinski definition) is 3. The van der Waals surface area contributed by atoms with Gasteiger partial charge in [0.25, 0.3) is 5.69 Å². The molecule has 6 nitrogen and oxygen atoms in total. The van der Waals surface area contributed by atoms with E-state index < -0.39 is 4.92 Å². The number of nitro groups is 1. The van der Waals surface area contributed by atoms with Crippen molar-refractivity contribution in [1.29, 1.82) is 0 Å².